The Labute approximate surface area is 112 Å². The van der Waals surface area contributed by atoms with E-state index in [2.05, 4.69) is 16.0 Å². The smallest absolute Gasteiger partial charge is 0.251 e. The van der Waals surface area contributed by atoms with Gasteiger partial charge in [0.2, 0.25) is 5.91 Å². The highest BCUT2D eigenvalue weighted by Gasteiger charge is 2.22. The van der Waals surface area contributed by atoms with E-state index in [1.165, 1.54) is 0 Å². The lowest BCUT2D eigenvalue weighted by molar-refractivity contribution is -0.117. The summed E-state index contributed by atoms with van der Waals surface area (Å²) in [5.74, 6) is -0.191. The fourth-order valence-corrected chi connectivity index (χ4v) is 2.17. The van der Waals surface area contributed by atoms with E-state index in [-0.39, 0.29) is 17.9 Å². The molecule has 2 rings (SSSR count). The third-order valence-electron chi connectivity index (χ3n) is 3.36. The molecule has 1 unspecified atom stereocenters. The minimum atomic E-state index is -0.158. The molecule has 1 atom stereocenters. The monoisotopic (exact) mass is 261 g/mol. The maximum atomic E-state index is 12.0. The number of anilines is 1. The van der Waals surface area contributed by atoms with Crippen molar-refractivity contribution in [1.29, 1.82) is 0 Å². The highest BCUT2D eigenvalue weighted by atomic mass is 16.2. The molecule has 19 heavy (non-hydrogen) atoms. The second-order valence-corrected chi connectivity index (χ2v) is 4.75. The van der Waals surface area contributed by atoms with Gasteiger partial charge in [-0.15, -0.1) is 0 Å². The van der Waals surface area contributed by atoms with Crippen LogP contribution in [0.2, 0.25) is 0 Å². The van der Waals surface area contributed by atoms with E-state index >= 15 is 0 Å². The van der Waals surface area contributed by atoms with Crippen LogP contribution < -0.4 is 16.0 Å². The number of hydrogen-bond acceptors (Lipinski definition) is 3. The highest BCUT2D eigenvalue weighted by molar-refractivity contribution is 5.99. The van der Waals surface area contributed by atoms with E-state index in [4.69, 9.17) is 0 Å². The van der Waals surface area contributed by atoms with Crippen molar-refractivity contribution in [3.8, 4) is 0 Å². The fraction of sp³-hybridized carbons (Fsp3) is 0.429. The predicted octanol–water partition coefficient (Wildman–Crippen LogP) is 1.05. The van der Waals surface area contributed by atoms with E-state index in [9.17, 15) is 9.59 Å². The molecule has 0 radical (unpaired) electrons. The zero-order valence-corrected chi connectivity index (χ0v) is 11.2. The first kappa shape index (κ1) is 13.5. The summed E-state index contributed by atoms with van der Waals surface area (Å²) >= 11 is 0. The van der Waals surface area contributed by atoms with Gasteiger partial charge in [-0.2, -0.15) is 0 Å². The van der Waals surface area contributed by atoms with Crippen molar-refractivity contribution in [2.24, 2.45) is 0 Å². The van der Waals surface area contributed by atoms with Gasteiger partial charge in [0.25, 0.3) is 5.91 Å². The maximum absolute atomic E-state index is 12.0. The van der Waals surface area contributed by atoms with E-state index in [0.29, 0.717) is 11.3 Å². The number of amides is 2. The van der Waals surface area contributed by atoms with Crippen LogP contribution in [0.15, 0.2) is 18.2 Å². The molecule has 0 spiro atoms. The van der Waals surface area contributed by atoms with Crippen LogP contribution in [-0.4, -0.2) is 31.4 Å². The summed E-state index contributed by atoms with van der Waals surface area (Å²) in [4.78, 5) is 23.6. The summed E-state index contributed by atoms with van der Waals surface area (Å²) in [6.45, 7) is 2.79. The van der Waals surface area contributed by atoms with Crippen LogP contribution in [0.4, 0.5) is 5.69 Å². The van der Waals surface area contributed by atoms with Crippen LogP contribution in [0.3, 0.4) is 0 Å². The van der Waals surface area contributed by atoms with Gasteiger partial charge in [0.1, 0.15) is 0 Å². The lowest BCUT2D eigenvalue weighted by Gasteiger charge is -2.14. The molecule has 5 heteroatoms. The SMILES string of the molecule is CNC(=O)c1ccc(C)c(NC(=O)C2CCCN2)c1. The normalized spacial score (nSPS) is 18.1. The van der Waals surface area contributed by atoms with E-state index in [0.717, 1.165) is 24.9 Å². The van der Waals surface area contributed by atoms with Crippen LogP contribution in [-0.2, 0) is 4.79 Å². The van der Waals surface area contributed by atoms with Crippen molar-refractivity contribution >= 4 is 17.5 Å². The standard InChI is InChI=1S/C14H19N3O2/c1-9-5-6-10(13(18)15-2)8-12(9)17-14(19)11-4-3-7-16-11/h5-6,8,11,16H,3-4,7H2,1-2H3,(H,15,18)(H,17,19). The third kappa shape index (κ3) is 3.12. The van der Waals surface area contributed by atoms with Gasteiger partial charge in [-0.05, 0) is 44.0 Å². The van der Waals surface area contributed by atoms with Crippen LogP contribution in [0.5, 0.6) is 0 Å². The summed E-state index contributed by atoms with van der Waals surface area (Å²) in [5.41, 5.74) is 2.18. The van der Waals surface area contributed by atoms with Gasteiger partial charge in [0.15, 0.2) is 0 Å². The molecule has 1 aliphatic rings. The van der Waals surface area contributed by atoms with Gasteiger partial charge < -0.3 is 16.0 Å². The Morgan fingerprint density at radius 3 is 2.79 bits per heavy atom. The predicted molar refractivity (Wildman–Crippen MR) is 74.2 cm³/mol. The van der Waals surface area contributed by atoms with Crippen molar-refractivity contribution in [2.45, 2.75) is 25.8 Å². The molecule has 5 nitrogen and oxygen atoms in total. The average Bonchev–Trinajstić information content (AvgIpc) is 2.94. The topological polar surface area (TPSA) is 70.2 Å². The van der Waals surface area contributed by atoms with Crippen molar-refractivity contribution in [2.75, 3.05) is 18.9 Å². The molecule has 0 saturated carbocycles. The molecule has 1 aromatic rings. The Kier molecular flexibility index (Phi) is 4.16. The number of benzene rings is 1. The molecule has 1 heterocycles. The minimum Gasteiger partial charge on any atom is -0.355 e. The van der Waals surface area contributed by atoms with Crippen LogP contribution in [0.25, 0.3) is 0 Å². The summed E-state index contributed by atoms with van der Waals surface area (Å²) < 4.78 is 0. The molecule has 3 N–H and O–H groups in total. The Hall–Kier alpha value is -1.88. The second kappa shape index (κ2) is 5.84. The van der Waals surface area contributed by atoms with Crippen molar-refractivity contribution in [3.63, 3.8) is 0 Å². The van der Waals surface area contributed by atoms with Crippen LogP contribution in [0.1, 0.15) is 28.8 Å². The van der Waals surface area contributed by atoms with Crippen LogP contribution in [0, 0.1) is 6.92 Å². The van der Waals surface area contributed by atoms with E-state index in [1.54, 1.807) is 19.2 Å². The third-order valence-corrected chi connectivity index (χ3v) is 3.36. The molecule has 2 amide bonds. The first-order valence-electron chi connectivity index (χ1n) is 6.49. The summed E-state index contributed by atoms with van der Waals surface area (Å²) in [5, 5.41) is 8.62. The van der Waals surface area contributed by atoms with Gasteiger partial charge in [-0.25, -0.2) is 0 Å². The molecule has 102 valence electrons. The van der Waals surface area contributed by atoms with Crippen molar-refractivity contribution < 1.29 is 9.59 Å². The van der Waals surface area contributed by atoms with Gasteiger partial charge >= 0.3 is 0 Å². The fourth-order valence-electron chi connectivity index (χ4n) is 2.17. The van der Waals surface area contributed by atoms with E-state index in [1.807, 2.05) is 13.0 Å². The molecule has 0 aromatic heterocycles. The molecule has 0 bridgehead atoms. The number of carbonyl (C=O) groups excluding carboxylic acids is 2. The lowest BCUT2D eigenvalue weighted by atomic mass is 10.1. The molecule has 1 aliphatic heterocycles. The van der Waals surface area contributed by atoms with Gasteiger partial charge in [-0.3, -0.25) is 9.59 Å². The largest absolute Gasteiger partial charge is 0.355 e. The van der Waals surface area contributed by atoms with Gasteiger partial charge in [0.05, 0.1) is 6.04 Å². The average molecular weight is 261 g/mol. The number of aryl methyl sites for hydroxylation is 1. The van der Waals surface area contributed by atoms with Crippen molar-refractivity contribution in [1.82, 2.24) is 10.6 Å². The molecule has 1 saturated heterocycles. The summed E-state index contributed by atoms with van der Waals surface area (Å²) in [6, 6.07) is 5.17. The van der Waals surface area contributed by atoms with Gasteiger partial charge in [-0.1, -0.05) is 6.07 Å². The Balaban J connectivity index is 2.14. The van der Waals surface area contributed by atoms with Gasteiger partial charge in [0, 0.05) is 18.3 Å². The molecule has 1 aromatic carbocycles. The quantitative estimate of drug-likeness (QED) is 0.761. The first-order valence-corrected chi connectivity index (χ1v) is 6.49. The Morgan fingerprint density at radius 1 is 1.37 bits per heavy atom. The first-order chi connectivity index (χ1) is 9.11. The van der Waals surface area contributed by atoms with Crippen molar-refractivity contribution in [3.05, 3.63) is 29.3 Å². The Bertz CT molecular complexity index is 493. The number of nitrogens with one attached hydrogen (secondary N) is 3. The zero-order chi connectivity index (χ0) is 13.8. The summed E-state index contributed by atoms with van der Waals surface area (Å²) in [6.07, 6.45) is 1.88. The highest BCUT2D eigenvalue weighted by Crippen LogP contribution is 2.18. The number of hydrogen-bond donors (Lipinski definition) is 3. The van der Waals surface area contributed by atoms with Crippen LogP contribution >= 0.6 is 0 Å². The number of rotatable bonds is 3. The zero-order valence-electron chi connectivity index (χ0n) is 11.2. The summed E-state index contributed by atoms with van der Waals surface area (Å²) in [7, 11) is 1.59. The number of carbonyl (C=O) groups is 2. The lowest BCUT2D eigenvalue weighted by Crippen LogP contribution is -2.35. The Morgan fingerprint density at radius 2 is 2.16 bits per heavy atom. The second-order valence-electron chi connectivity index (χ2n) is 4.75. The molecule has 1 fully saturated rings. The molecular weight excluding hydrogens is 242 g/mol. The molecular formula is C14H19N3O2. The van der Waals surface area contributed by atoms with E-state index < -0.39 is 0 Å². The minimum absolute atomic E-state index is 0.0327. The molecule has 0 aliphatic carbocycles. The maximum Gasteiger partial charge on any atom is 0.251 e.